The zero-order valence-corrected chi connectivity index (χ0v) is 13.8. The molecular weight excluding hydrogens is 330 g/mol. The van der Waals surface area contributed by atoms with Crippen LogP contribution >= 0.6 is 0 Å². The van der Waals surface area contributed by atoms with Crippen LogP contribution in [0.4, 0.5) is 10.5 Å². The number of nitrogens with two attached hydrogens (primary N) is 1. The molecule has 128 valence electrons. The Labute approximate surface area is 140 Å². The predicted octanol–water partition coefficient (Wildman–Crippen LogP) is 1.82. The fraction of sp³-hybridized carbons (Fsp3) is 0.333. The topological polar surface area (TPSA) is 121 Å². The minimum Gasteiger partial charge on any atom is -0.317 e. The van der Waals surface area contributed by atoms with Gasteiger partial charge in [-0.3, -0.25) is 5.10 Å². The number of piperidine rings is 1. The number of carbonyl (C=O) groups is 1. The lowest BCUT2D eigenvalue weighted by Gasteiger charge is -2.35. The van der Waals surface area contributed by atoms with E-state index >= 15 is 0 Å². The van der Waals surface area contributed by atoms with E-state index in [1.165, 1.54) is 12.1 Å². The molecule has 24 heavy (non-hydrogen) atoms. The highest BCUT2D eigenvalue weighted by molar-refractivity contribution is 7.89. The SMILES string of the molecule is NS(=O)(=O)c1cccc(NC(=O)N2CCCCC2c2cn[nH]c2)c1. The number of nitrogens with zero attached hydrogens (tertiary/aromatic N) is 2. The molecule has 1 aromatic heterocycles. The summed E-state index contributed by atoms with van der Waals surface area (Å²) < 4.78 is 22.8. The molecule has 2 aromatic rings. The first-order chi connectivity index (χ1) is 11.4. The first kappa shape index (κ1) is 16.5. The highest BCUT2D eigenvalue weighted by atomic mass is 32.2. The van der Waals surface area contributed by atoms with Crippen LogP contribution in [0.1, 0.15) is 30.9 Å². The second-order valence-corrected chi connectivity index (χ2v) is 7.30. The van der Waals surface area contributed by atoms with E-state index < -0.39 is 10.0 Å². The number of anilines is 1. The Morgan fingerprint density at radius 3 is 2.92 bits per heavy atom. The number of primary sulfonamides is 1. The van der Waals surface area contributed by atoms with E-state index in [0.29, 0.717) is 12.2 Å². The van der Waals surface area contributed by atoms with E-state index in [1.807, 2.05) is 0 Å². The van der Waals surface area contributed by atoms with Gasteiger partial charge in [0.05, 0.1) is 17.1 Å². The number of nitrogens with one attached hydrogen (secondary N) is 2. The van der Waals surface area contributed by atoms with Crippen molar-refractivity contribution in [2.24, 2.45) is 5.14 Å². The summed E-state index contributed by atoms with van der Waals surface area (Å²) in [6, 6.07) is 5.60. The first-order valence-electron chi connectivity index (χ1n) is 7.64. The second kappa shape index (κ2) is 6.62. The molecule has 3 rings (SSSR count). The summed E-state index contributed by atoms with van der Waals surface area (Å²) in [4.78, 5) is 14.3. The lowest BCUT2D eigenvalue weighted by atomic mass is 9.98. The van der Waals surface area contributed by atoms with Crippen LogP contribution in [0.25, 0.3) is 0 Å². The number of likely N-dealkylation sites (tertiary alicyclic amines) is 1. The number of hydrogen-bond acceptors (Lipinski definition) is 4. The van der Waals surface area contributed by atoms with Crippen molar-refractivity contribution in [3.63, 3.8) is 0 Å². The molecule has 1 aromatic carbocycles. The number of aromatic nitrogens is 2. The van der Waals surface area contributed by atoms with Gasteiger partial charge in [0.15, 0.2) is 0 Å². The van der Waals surface area contributed by atoms with Crippen molar-refractivity contribution in [1.82, 2.24) is 15.1 Å². The Kier molecular flexibility index (Phi) is 4.54. The van der Waals surface area contributed by atoms with Crippen molar-refractivity contribution in [3.8, 4) is 0 Å². The third kappa shape index (κ3) is 3.57. The van der Waals surface area contributed by atoms with Crippen LogP contribution in [0.5, 0.6) is 0 Å². The number of carbonyl (C=O) groups excluding carboxylic acids is 1. The highest BCUT2D eigenvalue weighted by Crippen LogP contribution is 2.30. The van der Waals surface area contributed by atoms with Crippen molar-refractivity contribution in [1.29, 1.82) is 0 Å². The van der Waals surface area contributed by atoms with E-state index in [9.17, 15) is 13.2 Å². The molecule has 0 saturated carbocycles. The van der Waals surface area contributed by atoms with E-state index in [0.717, 1.165) is 24.8 Å². The molecule has 1 aliphatic rings. The summed E-state index contributed by atoms with van der Waals surface area (Å²) in [5, 5.41) is 14.6. The number of hydrogen-bond donors (Lipinski definition) is 3. The maximum absolute atomic E-state index is 12.6. The Morgan fingerprint density at radius 1 is 1.38 bits per heavy atom. The molecule has 0 aliphatic carbocycles. The summed E-state index contributed by atoms with van der Waals surface area (Å²) in [5.74, 6) is 0. The van der Waals surface area contributed by atoms with Gasteiger partial charge >= 0.3 is 6.03 Å². The largest absolute Gasteiger partial charge is 0.322 e. The number of benzene rings is 1. The zero-order chi connectivity index (χ0) is 17.2. The van der Waals surface area contributed by atoms with Gasteiger partial charge < -0.3 is 10.2 Å². The molecule has 1 unspecified atom stereocenters. The van der Waals surface area contributed by atoms with Crippen LogP contribution in [-0.4, -0.2) is 36.1 Å². The number of rotatable bonds is 3. The second-order valence-electron chi connectivity index (χ2n) is 5.74. The average Bonchev–Trinajstić information content (AvgIpc) is 3.08. The zero-order valence-electron chi connectivity index (χ0n) is 13.0. The van der Waals surface area contributed by atoms with Gasteiger partial charge in [0, 0.05) is 24.0 Å². The average molecular weight is 349 g/mol. The Hall–Kier alpha value is -2.39. The summed E-state index contributed by atoms with van der Waals surface area (Å²) in [5.41, 5.74) is 1.35. The van der Waals surface area contributed by atoms with Gasteiger partial charge in [0.25, 0.3) is 0 Å². The van der Waals surface area contributed by atoms with Gasteiger partial charge in [-0.05, 0) is 37.5 Å². The van der Waals surface area contributed by atoms with Gasteiger partial charge in [-0.1, -0.05) is 6.07 Å². The van der Waals surface area contributed by atoms with Crippen LogP contribution in [0.3, 0.4) is 0 Å². The van der Waals surface area contributed by atoms with Crippen LogP contribution in [-0.2, 0) is 10.0 Å². The predicted molar refractivity (Wildman–Crippen MR) is 88.7 cm³/mol. The van der Waals surface area contributed by atoms with Crippen LogP contribution < -0.4 is 10.5 Å². The Balaban J connectivity index is 1.78. The van der Waals surface area contributed by atoms with Crippen molar-refractivity contribution < 1.29 is 13.2 Å². The normalized spacial score (nSPS) is 18.4. The lowest BCUT2D eigenvalue weighted by Crippen LogP contribution is -2.41. The third-order valence-corrected chi connectivity index (χ3v) is 4.99. The molecule has 4 N–H and O–H groups in total. The minimum absolute atomic E-state index is 0.0367. The smallest absolute Gasteiger partial charge is 0.317 e. The summed E-state index contributed by atoms with van der Waals surface area (Å²) >= 11 is 0. The van der Waals surface area contributed by atoms with Gasteiger partial charge in [-0.2, -0.15) is 5.10 Å². The monoisotopic (exact) mass is 349 g/mol. The van der Waals surface area contributed by atoms with Crippen molar-refractivity contribution in [2.75, 3.05) is 11.9 Å². The molecular formula is C15H19N5O3S. The van der Waals surface area contributed by atoms with Crippen molar-refractivity contribution in [2.45, 2.75) is 30.2 Å². The molecule has 1 fully saturated rings. The number of urea groups is 1. The molecule has 8 nitrogen and oxygen atoms in total. The molecule has 0 spiro atoms. The van der Waals surface area contributed by atoms with Crippen LogP contribution in [0, 0.1) is 0 Å². The third-order valence-electron chi connectivity index (χ3n) is 4.08. The maximum atomic E-state index is 12.6. The van der Waals surface area contributed by atoms with E-state index in [1.54, 1.807) is 29.4 Å². The van der Waals surface area contributed by atoms with Crippen LogP contribution in [0.2, 0.25) is 0 Å². The van der Waals surface area contributed by atoms with Gasteiger partial charge in [-0.15, -0.1) is 0 Å². The number of amides is 2. The molecule has 9 heteroatoms. The van der Waals surface area contributed by atoms with E-state index in [2.05, 4.69) is 15.5 Å². The van der Waals surface area contributed by atoms with Gasteiger partial charge in [0.1, 0.15) is 0 Å². The van der Waals surface area contributed by atoms with Gasteiger partial charge in [-0.25, -0.2) is 18.4 Å². The maximum Gasteiger partial charge on any atom is 0.322 e. The Bertz CT molecular complexity index is 819. The standard InChI is InChI=1S/C15H19N5O3S/c16-24(22,23)13-5-3-4-12(8-13)19-15(21)20-7-2-1-6-14(20)11-9-17-18-10-11/h3-5,8-10,14H,1-2,6-7H2,(H,17,18)(H,19,21)(H2,16,22,23). The number of sulfonamides is 1. The van der Waals surface area contributed by atoms with E-state index in [4.69, 9.17) is 5.14 Å². The molecule has 1 aliphatic heterocycles. The summed E-state index contributed by atoms with van der Waals surface area (Å²) in [6.45, 7) is 0.635. The fourth-order valence-electron chi connectivity index (χ4n) is 2.91. The van der Waals surface area contributed by atoms with Gasteiger partial charge in [0.2, 0.25) is 10.0 Å². The van der Waals surface area contributed by atoms with E-state index in [-0.39, 0.29) is 17.0 Å². The Morgan fingerprint density at radius 2 is 2.21 bits per heavy atom. The molecule has 2 heterocycles. The summed E-state index contributed by atoms with van der Waals surface area (Å²) in [6.07, 6.45) is 6.35. The molecule has 0 bridgehead atoms. The molecule has 1 atom stereocenters. The first-order valence-corrected chi connectivity index (χ1v) is 9.19. The van der Waals surface area contributed by atoms with Crippen molar-refractivity contribution >= 4 is 21.7 Å². The molecule has 2 amide bonds. The number of H-pyrrole nitrogens is 1. The minimum atomic E-state index is -3.81. The molecule has 0 radical (unpaired) electrons. The molecule has 1 saturated heterocycles. The highest BCUT2D eigenvalue weighted by Gasteiger charge is 2.28. The van der Waals surface area contributed by atoms with Crippen molar-refractivity contribution in [3.05, 3.63) is 42.2 Å². The lowest BCUT2D eigenvalue weighted by molar-refractivity contribution is 0.163. The fourth-order valence-corrected chi connectivity index (χ4v) is 3.47. The van der Waals surface area contributed by atoms with Crippen LogP contribution in [0.15, 0.2) is 41.6 Å². The summed E-state index contributed by atoms with van der Waals surface area (Å²) in [7, 11) is -3.81. The quantitative estimate of drug-likeness (QED) is 0.782. The number of aromatic amines is 1.